The number of rotatable bonds is 3. The van der Waals surface area contributed by atoms with Crippen molar-refractivity contribution >= 4 is 29.4 Å². The lowest BCUT2D eigenvalue weighted by Gasteiger charge is -2.45. The average Bonchev–Trinajstić information content (AvgIpc) is 2.87. The largest absolute Gasteiger partial charge is 0.496 e. The number of ether oxygens (including phenoxy) is 1. The Hall–Kier alpha value is -2.28. The zero-order valence-corrected chi connectivity index (χ0v) is 15.5. The minimum Gasteiger partial charge on any atom is -0.496 e. The molecule has 140 valence electrons. The Bertz CT molecular complexity index is 758. The molecule has 2 aliphatic rings. The molecule has 1 aromatic carbocycles. The number of halogens is 1. The number of carboxylic acid groups (broad SMARTS) is 1. The summed E-state index contributed by atoms with van der Waals surface area (Å²) in [5, 5.41) is 10.0. The maximum Gasteiger partial charge on any atom is 0.309 e. The van der Waals surface area contributed by atoms with E-state index in [0.717, 1.165) is 0 Å². The highest BCUT2D eigenvalue weighted by Crippen LogP contribution is 2.43. The van der Waals surface area contributed by atoms with Crippen molar-refractivity contribution in [1.29, 1.82) is 0 Å². The molecule has 2 heterocycles. The minimum atomic E-state index is -0.957. The molecular weight excluding hydrogens is 360 g/mol. The Balaban J connectivity index is 1.79. The summed E-state index contributed by atoms with van der Waals surface area (Å²) < 4.78 is 5.25. The summed E-state index contributed by atoms with van der Waals surface area (Å²) in [7, 11) is 3.13. The van der Waals surface area contributed by atoms with Gasteiger partial charge in [0.15, 0.2) is 0 Å². The van der Waals surface area contributed by atoms with Gasteiger partial charge in [0.2, 0.25) is 5.91 Å². The van der Waals surface area contributed by atoms with Crippen LogP contribution in [0.5, 0.6) is 5.75 Å². The summed E-state index contributed by atoms with van der Waals surface area (Å²) in [4.78, 5) is 39.8. The van der Waals surface area contributed by atoms with Crippen molar-refractivity contribution in [2.24, 2.45) is 5.92 Å². The lowest BCUT2D eigenvalue weighted by Crippen LogP contribution is -2.56. The van der Waals surface area contributed by atoms with Crippen LogP contribution in [-0.4, -0.2) is 65.5 Å². The van der Waals surface area contributed by atoms with Gasteiger partial charge in [0.05, 0.1) is 24.1 Å². The summed E-state index contributed by atoms with van der Waals surface area (Å²) in [5.74, 6) is -1.63. The highest BCUT2D eigenvalue weighted by atomic mass is 35.5. The Kier molecular flexibility index (Phi) is 4.84. The SMILES string of the molecule is COc1cc(Cl)ccc1C(=O)N1CCC2(CC1)[C@@H](C(=O)O)CC(=O)N2C. The van der Waals surface area contributed by atoms with Gasteiger partial charge in [0, 0.05) is 31.6 Å². The fourth-order valence-electron chi connectivity index (χ4n) is 4.09. The van der Waals surface area contributed by atoms with Gasteiger partial charge in [-0.1, -0.05) is 11.6 Å². The molecule has 2 amide bonds. The summed E-state index contributed by atoms with van der Waals surface area (Å²) >= 11 is 5.95. The molecule has 7 nitrogen and oxygen atoms in total. The van der Waals surface area contributed by atoms with Crippen molar-refractivity contribution in [3.8, 4) is 5.75 Å². The van der Waals surface area contributed by atoms with Gasteiger partial charge < -0.3 is 19.6 Å². The number of amides is 2. The molecule has 26 heavy (non-hydrogen) atoms. The maximum absolute atomic E-state index is 12.9. The van der Waals surface area contributed by atoms with E-state index in [1.165, 1.54) is 7.11 Å². The van der Waals surface area contributed by atoms with E-state index in [1.807, 2.05) is 0 Å². The molecule has 1 spiro atoms. The van der Waals surface area contributed by atoms with Gasteiger partial charge >= 0.3 is 5.97 Å². The number of carboxylic acids is 1. The fourth-order valence-corrected chi connectivity index (χ4v) is 4.26. The predicted molar refractivity (Wildman–Crippen MR) is 94.4 cm³/mol. The van der Waals surface area contributed by atoms with E-state index < -0.39 is 17.4 Å². The molecule has 0 bridgehead atoms. The van der Waals surface area contributed by atoms with Crippen molar-refractivity contribution < 1.29 is 24.2 Å². The van der Waals surface area contributed by atoms with Crippen molar-refractivity contribution in [1.82, 2.24) is 9.80 Å². The van der Waals surface area contributed by atoms with Gasteiger partial charge in [-0.05, 0) is 31.0 Å². The Labute approximate surface area is 156 Å². The first kappa shape index (κ1) is 18.5. The first-order valence-corrected chi connectivity index (χ1v) is 8.80. The van der Waals surface area contributed by atoms with Crippen molar-refractivity contribution in [2.45, 2.75) is 24.8 Å². The van der Waals surface area contributed by atoms with E-state index in [2.05, 4.69) is 0 Å². The summed E-state index contributed by atoms with van der Waals surface area (Å²) in [6.07, 6.45) is 0.895. The van der Waals surface area contributed by atoms with Crippen LogP contribution >= 0.6 is 11.6 Å². The highest BCUT2D eigenvalue weighted by molar-refractivity contribution is 6.30. The number of benzene rings is 1. The normalized spacial score (nSPS) is 22.0. The van der Waals surface area contributed by atoms with Crippen LogP contribution in [0.2, 0.25) is 5.02 Å². The maximum atomic E-state index is 12.9. The van der Waals surface area contributed by atoms with Gasteiger partial charge in [0.1, 0.15) is 5.75 Å². The third-order valence-corrected chi connectivity index (χ3v) is 5.91. The van der Waals surface area contributed by atoms with Crippen LogP contribution in [0.4, 0.5) is 0 Å². The highest BCUT2D eigenvalue weighted by Gasteiger charge is 2.55. The van der Waals surface area contributed by atoms with Crippen LogP contribution in [0.15, 0.2) is 18.2 Å². The topological polar surface area (TPSA) is 87.1 Å². The number of hydrogen-bond acceptors (Lipinski definition) is 4. The van der Waals surface area contributed by atoms with Gasteiger partial charge in [-0.3, -0.25) is 14.4 Å². The first-order chi connectivity index (χ1) is 12.3. The van der Waals surface area contributed by atoms with Gasteiger partial charge in [-0.25, -0.2) is 0 Å². The molecule has 0 saturated carbocycles. The van der Waals surface area contributed by atoms with Gasteiger partial charge in [-0.2, -0.15) is 0 Å². The van der Waals surface area contributed by atoms with E-state index in [1.54, 1.807) is 35.0 Å². The Morgan fingerprint density at radius 3 is 2.54 bits per heavy atom. The minimum absolute atomic E-state index is 0.0186. The number of nitrogens with zero attached hydrogens (tertiary/aromatic N) is 2. The van der Waals surface area contributed by atoms with Crippen molar-refractivity contribution in [3.05, 3.63) is 28.8 Å². The third-order valence-electron chi connectivity index (χ3n) is 5.68. The molecular formula is C18H21ClN2O5. The third kappa shape index (κ3) is 2.90. The summed E-state index contributed by atoms with van der Waals surface area (Å²) in [5.41, 5.74) is -0.303. The molecule has 1 N–H and O–H groups in total. The van der Waals surface area contributed by atoms with E-state index in [0.29, 0.717) is 42.3 Å². The molecule has 0 aromatic heterocycles. The van der Waals surface area contributed by atoms with E-state index in [9.17, 15) is 19.5 Å². The fraction of sp³-hybridized carbons (Fsp3) is 0.500. The number of carbonyl (C=O) groups is 3. The predicted octanol–water partition coefficient (Wildman–Crippen LogP) is 1.89. The Morgan fingerprint density at radius 1 is 1.31 bits per heavy atom. The monoisotopic (exact) mass is 380 g/mol. The lowest BCUT2D eigenvalue weighted by atomic mass is 9.77. The van der Waals surface area contributed by atoms with Crippen LogP contribution in [0.1, 0.15) is 29.6 Å². The molecule has 0 unspecified atom stereocenters. The zero-order chi connectivity index (χ0) is 19.1. The molecule has 0 radical (unpaired) electrons. The number of methoxy groups -OCH3 is 1. The quantitative estimate of drug-likeness (QED) is 0.865. The summed E-state index contributed by atoms with van der Waals surface area (Å²) in [6, 6.07) is 4.84. The number of aliphatic carboxylic acids is 1. The number of likely N-dealkylation sites (tertiary alicyclic amines) is 2. The zero-order valence-electron chi connectivity index (χ0n) is 14.7. The van der Waals surface area contributed by atoms with Crippen molar-refractivity contribution in [2.75, 3.05) is 27.2 Å². The standard InChI is InChI=1S/C18H21ClN2O5/c1-20-15(22)10-13(17(24)25)18(20)5-7-21(8-6-18)16(23)12-4-3-11(19)9-14(12)26-2/h3-4,9,13H,5-8,10H2,1-2H3,(H,24,25)/t13-/m1/s1. The smallest absolute Gasteiger partial charge is 0.309 e. The van der Waals surface area contributed by atoms with E-state index in [-0.39, 0.29) is 18.2 Å². The molecule has 1 aromatic rings. The second-order valence-electron chi connectivity index (χ2n) is 6.79. The average molecular weight is 381 g/mol. The van der Waals surface area contributed by atoms with Crippen LogP contribution in [0, 0.1) is 5.92 Å². The van der Waals surface area contributed by atoms with Gasteiger partial charge in [-0.15, -0.1) is 0 Å². The van der Waals surface area contributed by atoms with Crippen LogP contribution in [0.25, 0.3) is 0 Å². The molecule has 0 aliphatic carbocycles. The Morgan fingerprint density at radius 2 is 1.96 bits per heavy atom. The van der Waals surface area contributed by atoms with Crippen molar-refractivity contribution in [3.63, 3.8) is 0 Å². The number of hydrogen-bond donors (Lipinski definition) is 1. The van der Waals surface area contributed by atoms with Crippen LogP contribution < -0.4 is 4.74 Å². The molecule has 8 heteroatoms. The first-order valence-electron chi connectivity index (χ1n) is 8.42. The van der Waals surface area contributed by atoms with E-state index in [4.69, 9.17) is 16.3 Å². The number of carbonyl (C=O) groups excluding carboxylic acids is 2. The van der Waals surface area contributed by atoms with Crippen LogP contribution in [0.3, 0.4) is 0 Å². The second kappa shape index (κ2) is 6.79. The second-order valence-corrected chi connectivity index (χ2v) is 7.22. The van der Waals surface area contributed by atoms with E-state index >= 15 is 0 Å². The van der Waals surface area contributed by atoms with Gasteiger partial charge in [0.25, 0.3) is 5.91 Å². The number of piperidine rings is 1. The molecule has 1 atom stereocenters. The molecule has 3 rings (SSSR count). The van der Waals surface area contributed by atoms with Crippen LogP contribution in [-0.2, 0) is 9.59 Å². The molecule has 2 aliphatic heterocycles. The molecule has 2 saturated heterocycles. The molecule has 2 fully saturated rings. The summed E-state index contributed by atoms with van der Waals surface area (Å²) in [6.45, 7) is 0.762. The lowest BCUT2D eigenvalue weighted by molar-refractivity contribution is -0.145.